The third kappa shape index (κ3) is 4.89. The molecule has 0 spiro atoms. The number of hydrogen-bond acceptors (Lipinski definition) is 6. The molecule has 6 nitrogen and oxygen atoms in total. The maximum absolute atomic E-state index is 11.6. The van der Waals surface area contributed by atoms with Crippen LogP contribution in [0.25, 0.3) is 0 Å². The lowest BCUT2D eigenvalue weighted by atomic mass is 10.3. The molecule has 0 aliphatic rings. The minimum absolute atomic E-state index is 0.133. The van der Waals surface area contributed by atoms with Gasteiger partial charge in [-0.05, 0) is 32.0 Å². The van der Waals surface area contributed by atoms with Gasteiger partial charge in [-0.15, -0.1) is 0 Å². The lowest BCUT2D eigenvalue weighted by Gasteiger charge is -2.06. The first-order chi connectivity index (χ1) is 9.58. The second kappa shape index (κ2) is 8.16. The number of esters is 2. The van der Waals surface area contributed by atoms with Crippen LogP contribution in [0.3, 0.4) is 0 Å². The quantitative estimate of drug-likeness (QED) is 0.377. The number of benzene rings is 1. The van der Waals surface area contributed by atoms with E-state index in [1.807, 2.05) is 0 Å². The van der Waals surface area contributed by atoms with E-state index in [0.717, 1.165) is 0 Å². The number of carbonyl (C=O) groups excluding carboxylic acids is 2. The first kappa shape index (κ1) is 16.0. The summed E-state index contributed by atoms with van der Waals surface area (Å²) in [7, 11) is 0. The van der Waals surface area contributed by atoms with Crippen LogP contribution in [0.1, 0.15) is 13.8 Å². The topological polar surface area (TPSA) is 77.0 Å². The van der Waals surface area contributed by atoms with E-state index < -0.39 is 17.7 Å². The van der Waals surface area contributed by atoms with Crippen LogP contribution in [0.4, 0.5) is 5.69 Å². The predicted octanol–water partition coefficient (Wildman–Crippen LogP) is 2.23. The first-order valence-corrected chi connectivity index (χ1v) is 6.39. The molecule has 0 fully saturated rings. The summed E-state index contributed by atoms with van der Waals surface area (Å²) in [6.45, 7) is 3.53. The van der Waals surface area contributed by atoms with Gasteiger partial charge in [0, 0.05) is 5.02 Å². The Morgan fingerprint density at radius 1 is 1.20 bits per heavy atom. The van der Waals surface area contributed by atoms with Crippen LogP contribution in [0.2, 0.25) is 5.02 Å². The van der Waals surface area contributed by atoms with E-state index in [1.54, 1.807) is 38.1 Å². The lowest BCUT2D eigenvalue weighted by Crippen LogP contribution is -2.29. The molecule has 0 aromatic heterocycles. The van der Waals surface area contributed by atoms with Gasteiger partial charge in [0.2, 0.25) is 0 Å². The SMILES string of the molecule is CCOC(=O)C(=NNc1cccc(Cl)c1)C(=O)OCC. The third-order valence-electron chi connectivity index (χ3n) is 2.06. The molecule has 1 N–H and O–H groups in total. The van der Waals surface area contributed by atoms with Gasteiger partial charge in [0.15, 0.2) is 0 Å². The fraction of sp³-hybridized carbons (Fsp3) is 0.308. The number of anilines is 1. The van der Waals surface area contributed by atoms with Crippen molar-refractivity contribution in [2.45, 2.75) is 13.8 Å². The summed E-state index contributed by atoms with van der Waals surface area (Å²) in [4.78, 5) is 23.3. The summed E-state index contributed by atoms with van der Waals surface area (Å²) >= 11 is 5.81. The molecule has 0 atom stereocenters. The van der Waals surface area contributed by atoms with Crippen molar-refractivity contribution in [3.63, 3.8) is 0 Å². The molecule has 0 aliphatic carbocycles. The van der Waals surface area contributed by atoms with Gasteiger partial charge in [-0.3, -0.25) is 5.43 Å². The maximum atomic E-state index is 11.6. The van der Waals surface area contributed by atoms with Crippen LogP contribution in [0, 0.1) is 0 Å². The highest BCUT2D eigenvalue weighted by Gasteiger charge is 2.23. The number of nitrogens with zero attached hydrogens (tertiary/aromatic N) is 1. The zero-order valence-corrected chi connectivity index (χ0v) is 11.9. The minimum atomic E-state index is -0.847. The first-order valence-electron chi connectivity index (χ1n) is 6.02. The van der Waals surface area contributed by atoms with Crippen LogP contribution in [-0.4, -0.2) is 30.9 Å². The third-order valence-corrected chi connectivity index (χ3v) is 2.29. The number of ether oxygens (including phenoxy) is 2. The number of nitrogens with one attached hydrogen (secondary N) is 1. The van der Waals surface area contributed by atoms with Crippen LogP contribution in [0.15, 0.2) is 29.4 Å². The van der Waals surface area contributed by atoms with E-state index in [9.17, 15) is 9.59 Å². The summed E-state index contributed by atoms with van der Waals surface area (Å²) in [5, 5.41) is 4.23. The second-order valence-corrected chi connectivity index (χ2v) is 3.96. The van der Waals surface area contributed by atoms with Crippen molar-refractivity contribution in [2.24, 2.45) is 5.10 Å². The van der Waals surface area contributed by atoms with E-state index in [0.29, 0.717) is 10.7 Å². The fourth-order valence-electron chi connectivity index (χ4n) is 1.25. The lowest BCUT2D eigenvalue weighted by molar-refractivity contribution is -0.140. The maximum Gasteiger partial charge on any atom is 0.366 e. The van der Waals surface area contributed by atoms with Crippen molar-refractivity contribution in [2.75, 3.05) is 18.6 Å². The van der Waals surface area contributed by atoms with Gasteiger partial charge < -0.3 is 9.47 Å². The van der Waals surface area contributed by atoms with E-state index in [4.69, 9.17) is 21.1 Å². The van der Waals surface area contributed by atoms with Gasteiger partial charge in [0.05, 0.1) is 18.9 Å². The smallest absolute Gasteiger partial charge is 0.366 e. The molecule has 0 radical (unpaired) electrons. The fourth-order valence-corrected chi connectivity index (χ4v) is 1.44. The van der Waals surface area contributed by atoms with Gasteiger partial charge in [0.25, 0.3) is 5.71 Å². The van der Waals surface area contributed by atoms with Crippen LogP contribution in [0.5, 0.6) is 0 Å². The predicted molar refractivity (Wildman–Crippen MR) is 75.8 cm³/mol. The highest BCUT2D eigenvalue weighted by Crippen LogP contribution is 2.14. The highest BCUT2D eigenvalue weighted by atomic mass is 35.5. The van der Waals surface area contributed by atoms with Crippen molar-refractivity contribution < 1.29 is 19.1 Å². The number of hydrazone groups is 1. The standard InChI is InChI=1S/C13H15ClN2O4/c1-3-19-12(17)11(13(18)20-4-2)16-15-10-7-5-6-9(14)8-10/h5-8,15H,3-4H2,1-2H3. The van der Waals surface area contributed by atoms with E-state index >= 15 is 0 Å². The Balaban J connectivity index is 2.89. The highest BCUT2D eigenvalue weighted by molar-refractivity contribution is 6.62. The number of halogens is 1. The molecule has 0 aliphatic heterocycles. The Morgan fingerprint density at radius 2 is 1.80 bits per heavy atom. The molecule has 0 heterocycles. The Labute approximate surface area is 121 Å². The minimum Gasteiger partial charge on any atom is -0.461 e. The van der Waals surface area contributed by atoms with Crippen LogP contribution >= 0.6 is 11.6 Å². The zero-order valence-electron chi connectivity index (χ0n) is 11.2. The Morgan fingerprint density at radius 3 is 2.30 bits per heavy atom. The number of rotatable bonds is 6. The Bertz CT molecular complexity index is 497. The van der Waals surface area contributed by atoms with Gasteiger partial charge in [-0.1, -0.05) is 17.7 Å². The summed E-state index contributed by atoms with van der Waals surface area (Å²) in [5.41, 5.74) is 2.65. The molecular weight excluding hydrogens is 284 g/mol. The number of hydrogen-bond donors (Lipinski definition) is 1. The van der Waals surface area contributed by atoms with E-state index in [-0.39, 0.29) is 13.2 Å². The molecule has 0 saturated carbocycles. The number of carbonyl (C=O) groups is 2. The molecule has 7 heteroatoms. The molecular formula is C13H15ClN2O4. The van der Waals surface area contributed by atoms with Gasteiger partial charge >= 0.3 is 11.9 Å². The molecule has 0 bridgehead atoms. The molecule has 20 heavy (non-hydrogen) atoms. The molecule has 0 unspecified atom stereocenters. The molecule has 1 aromatic carbocycles. The average molecular weight is 299 g/mol. The molecule has 0 amide bonds. The molecule has 1 aromatic rings. The molecule has 0 saturated heterocycles. The van der Waals surface area contributed by atoms with Crippen molar-refractivity contribution >= 4 is 34.9 Å². The Kier molecular flexibility index (Phi) is 6.52. The Hall–Kier alpha value is -2.08. The van der Waals surface area contributed by atoms with Crippen molar-refractivity contribution in [3.8, 4) is 0 Å². The molecule has 1 rings (SSSR count). The van der Waals surface area contributed by atoms with Gasteiger partial charge in [-0.25, -0.2) is 9.59 Å². The normalized spacial score (nSPS) is 9.55. The second-order valence-electron chi connectivity index (χ2n) is 3.52. The van der Waals surface area contributed by atoms with Crippen LogP contribution < -0.4 is 5.43 Å². The zero-order chi connectivity index (χ0) is 15.0. The van der Waals surface area contributed by atoms with Gasteiger partial charge in [-0.2, -0.15) is 5.10 Å². The van der Waals surface area contributed by atoms with Crippen LogP contribution in [-0.2, 0) is 19.1 Å². The van der Waals surface area contributed by atoms with Crippen molar-refractivity contribution in [3.05, 3.63) is 29.3 Å². The van der Waals surface area contributed by atoms with Gasteiger partial charge in [0.1, 0.15) is 0 Å². The van der Waals surface area contributed by atoms with E-state index in [1.165, 1.54) is 0 Å². The molecule has 108 valence electrons. The largest absolute Gasteiger partial charge is 0.461 e. The monoisotopic (exact) mass is 298 g/mol. The summed E-state index contributed by atoms with van der Waals surface area (Å²) < 4.78 is 9.49. The summed E-state index contributed by atoms with van der Waals surface area (Å²) in [5.74, 6) is -1.69. The summed E-state index contributed by atoms with van der Waals surface area (Å²) in [6.07, 6.45) is 0. The van der Waals surface area contributed by atoms with Crippen molar-refractivity contribution in [1.82, 2.24) is 0 Å². The van der Waals surface area contributed by atoms with E-state index in [2.05, 4.69) is 10.5 Å². The van der Waals surface area contributed by atoms with Crippen molar-refractivity contribution in [1.29, 1.82) is 0 Å². The summed E-state index contributed by atoms with van der Waals surface area (Å²) in [6, 6.07) is 6.67. The average Bonchev–Trinajstić information content (AvgIpc) is 2.39.